The van der Waals surface area contributed by atoms with E-state index in [1.807, 2.05) is 0 Å². The summed E-state index contributed by atoms with van der Waals surface area (Å²) in [6, 6.07) is 0. The van der Waals surface area contributed by atoms with Crippen molar-refractivity contribution in [1.29, 1.82) is 0 Å². The summed E-state index contributed by atoms with van der Waals surface area (Å²) in [4.78, 5) is 4.12. The maximum absolute atomic E-state index is 4.12. The molecule has 0 saturated heterocycles. The van der Waals surface area contributed by atoms with Crippen molar-refractivity contribution in [3.8, 4) is 0 Å². The zero-order valence-corrected chi connectivity index (χ0v) is 8.02. The number of nitrogens with one attached hydrogen (secondary N) is 1. The third kappa shape index (κ3) is 1.58. The van der Waals surface area contributed by atoms with E-state index in [2.05, 4.69) is 21.6 Å². The van der Waals surface area contributed by atoms with Crippen LogP contribution in [0.5, 0.6) is 0 Å². The smallest absolute Gasteiger partial charge is 0.202 e. The molecule has 1 N–H and O–H groups in total. The quantitative estimate of drug-likeness (QED) is 0.764. The number of hydrogen-bond donors (Lipinski definition) is 1. The van der Waals surface area contributed by atoms with Crippen molar-refractivity contribution in [2.45, 2.75) is 38.1 Å². The summed E-state index contributed by atoms with van der Waals surface area (Å²) in [5.74, 6) is 0. The number of nitrogens with zero attached hydrogens (tertiary/aromatic N) is 2. The van der Waals surface area contributed by atoms with Gasteiger partial charge in [0.15, 0.2) is 0 Å². The Bertz CT molecular complexity index is 239. The molecule has 4 heteroatoms. The fraction of sp³-hybridized carbons (Fsp3) is 0.750. The highest BCUT2D eigenvalue weighted by molar-refractivity contribution is 7.09. The molecule has 66 valence electrons. The lowest BCUT2D eigenvalue weighted by Gasteiger charge is -2.24. The molecule has 1 saturated carbocycles. The van der Waals surface area contributed by atoms with E-state index in [1.165, 1.54) is 37.2 Å². The first kappa shape index (κ1) is 7.98. The van der Waals surface area contributed by atoms with Gasteiger partial charge in [0.2, 0.25) is 5.13 Å². The average Bonchev–Trinajstić information content (AvgIpc) is 2.62. The molecule has 2 rings (SSSR count). The summed E-state index contributed by atoms with van der Waals surface area (Å²) in [6.45, 7) is 2.27. The molecular weight excluding hydrogens is 170 g/mol. The summed E-state index contributed by atoms with van der Waals surface area (Å²) in [5, 5.41) is 4.40. The second kappa shape index (κ2) is 3.01. The maximum atomic E-state index is 4.12. The Morgan fingerprint density at radius 1 is 1.50 bits per heavy atom. The highest BCUT2D eigenvalue weighted by Crippen LogP contribution is 2.32. The molecule has 3 nitrogen and oxygen atoms in total. The van der Waals surface area contributed by atoms with Crippen LogP contribution in [0.2, 0.25) is 0 Å². The van der Waals surface area contributed by atoms with Crippen LogP contribution in [0.1, 0.15) is 32.6 Å². The lowest BCUT2D eigenvalue weighted by molar-refractivity contribution is 0.533. The minimum Gasteiger partial charge on any atom is -0.355 e. The van der Waals surface area contributed by atoms with E-state index < -0.39 is 0 Å². The van der Waals surface area contributed by atoms with Gasteiger partial charge in [0.1, 0.15) is 6.33 Å². The standard InChI is InChI=1S/C8H13N3S/c1-8(4-2-3-5-8)11-7-9-6-10-12-7/h6H,2-5H2,1H3,(H,9,10,11). The third-order valence-electron chi connectivity index (χ3n) is 2.48. The van der Waals surface area contributed by atoms with Gasteiger partial charge in [0.05, 0.1) is 0 Å². The Balaban J connectivity index is 2.02. The predicted molar refractivity (Wildman–Crippen MR) is 50.4 cm³/mol. The molecule has 0 bridgehead atoms. The lowest BCUT2D eigenvalue weighted by atomic mass is 10.0. The van der Waals surface area contributed by atoms with E-state index in [1.54, 1.807) is 6.33 Å². The fourth-order valence-corrected chi connectivity index (χ4v) is 2.35. The van der Waals surface area contributed by atoms with Crippen LogP contribution in [0.4, 0.5) is 5.13 Å². The summed E-state index contributed by atoms with van der Waals surface area (Å²) in [7, 11) is 0. The second-order valence-electron chi connectivity index (χ2n) is 3.64. The monoisotopic (exact) mass is 183 g/mol. The van der Waals surface area contributed by atoms with Crippen LogP contribution in [0.25, 0.3) is 0 Å². The van der Waals surface area contributed by atoms with E-state index in [9.17, 15) is 0 Å². The molecule has 12 heavy (non-hydrogen) atoms. The predicted octanol–water partition coefficient (Wildman–Crippen LogP) is 2.28. The van der Waals surface area contributed by atoms with E-state index in [-0.39, 0.29) is 5.54 Å². The van der Waals surface area contributed by atoms with Gasteiger partial charge < -0.3 is 5.32 Å². The van der Waals surface area contributed by atoms with Gasteiger partial charge in [-0.15, -0.1) is 0 Å². The maximum Gasteiger partial charge on any atom is 0.202 e. The largest absolute Gasteiger partial charge is 0.355 e. The molecular formula is C8H13N3S. The van der Waals surface area contributed by atoms with Crippen molar-refractivity contribution >= 4 is 16.7 Å². The highest BCUT2D eigenvalue weighted by atomic mass is 32.1. The molecule has 0 unspecified atom stereocenters. The molecule has 1 aromatic rings. The number of anilines is 1. The average molecular weight is 183 g/mol. The molecule has 0 amide bonds. The first-order chi connectivity index (χ1) is 5.79. The topological polar surface area (TPSA) is 37.8 Å². The second-order valence-corrected chi connectivity index (χ2v) is 4.42. The fourth-order valence-electron chi connectivity index (χ4n) is 1.77. The Morgan fingerprint density at radius 2 is 2.25 bits per heavy atom. The summed E-state index contributed by atoms with van der Waals surface area (Å²) in [5.41, 5.74) is 0.277. The Labute approximate surface area is 76.4 Å². The molecule has 1 aliphatic rings. The highest BCUT2D eigenvalue weighted by Gasteiger charge is 2.28. The van der Waals surface area contributed by atoms with Crippen LogP contribution in [-0.2, 0) is 0 Å². The number of rotatable bonds is 2. The molecule has 0 aromatic carbocycles. The number of aromatic nitrogens is 2. The number of hydrogen-bond acceptors (Lipinski definition) is 4. The van der Waals surface area contributed by atoms with Crippen LogP contribution in [0, 0.1) is 0 Å². The molecule has 1 aliphatic carbocycles. The normalized spacial score (nSPS) is 21.1. The summed E-state index contributed by atoms with van der Waals surface area (Å²) in [6.07, 6.45) is 6.79. The molecule has 1 aromatic heterocycles. The van der Waals surface area contributed by atoms with Crippen LogP contribution < -0.4 is 5.32 Å². The minimum atomic E-state index is 0.277. The van der Waals surface area contributed by atoms with Gasteiger partial charge in [0.25, 0.3) is 0 Å². The first-order valence-corrected chi connectivity index (χ1v) is 5.11. The SMILES string of the molecule is CC1(Nc2ncns2)CCCC1. The lowest BCUT2D eigenvalue weighted by Crippen LogP contribution is -2.30. The molecule has 0 spiro atoms. The Kier molecular flexibility index (Phi) is 2.00. The van der Waals surface area contributed by atoms with Crippen LogP contribution in [0.15, 0.2) is 6.33 Å². The molecule has 1 fully saturated rings. The van der Waals surface area contributed by atoms with E-state index >= 15 is 0 Å². The van der Waals surface area contributed by atoms with Gasteiger partial charge in [-0.25, -0.2) is 4.98 Å². The van der Waals surface area contributed by atoms with E-state index in [4.69, 9.17) is 0 Å². The van der Waals surface area contributed by atoms with Crippen molar-refractivity contribution < 1.29 is 0 Å². The van der Waals surface area contributed by atoms with Gasteiger partial charge in [-0.05, 0) is 19.8 Å². The van der Waals surface area contributed by atoms with E-state index in [0.29, 0.717) is 0 Å². The van der Waals surface area contributed by atoms with Crippen LogP contribution in [-0.4, -0.2) is 14.9 Å². The minimum absolute atomic E-state index is 0.277. The first-order valence-electron chi connectivity index (χ1n) is 4.33. The van der Waals surface area contributed by atoms with Crippen LogP contribution >= 0.6 is 11.5 Å². The summed E-state index contributed by atoms with van der Waals surface area (Å²) < 4.78 is 3.96. The molecule has 0 radical (unpaired) electrons. The zero-order chi connectivity index (χ0) is 8.44. The van der Waals surface area contributed by atoms with Crippen LogP contribution in [0.3, 0.4) is 0 Å². The van der Waals surface area contributed by atoms with Crippen molar-refractivity contribution in [1.82, 2.24) is 9.36 Å². The molecule has 1 heterocycles. The van der Waals surface area contributed by atoms with Crippen molar-refractivity contribution in [2.24, 2.45) is 0 Å². The van der Waals surface area contributed by atoms with E-state index in [0.717, 1.165) is 5.13 Å². The Hall–Kier alpha value is -0.640. The van der Waals surface area contributed by atoms with Crippen molar-refractivity contribution in [3.63, 3.8) is 0 Å². The van der Waals surface area contributed by atoms with Gasteiger partial charge in [-0.2, -0.15) is 4.37 Å². The third-order valence-corrected chi connectivity index (χ3v) is 3.06. The summed E-state index contributed by atoms with van der Waals surface area (Å²) >= 11 is 1.44. The van der Waals surface area contributed by atoms with Gasteiger partial charge in [-0.3, -0.25) is 0 Å². The van der Waals surface area contributed by atoms with Gasteiger partial charge in [-0.1, -0.05) is 12.8 Å². The van der Waals surface area contributed by atoms with Crippen molar-refractivity contribution in [2.75, 3.05) is 5.32 Å². The van der Waals surface area contributed by atoms with Gasteiger partial charge in [0, 0.05) is 17.1 Å². The molecule has 0 aliphatic heterocycles. The van der Waals surface area contributed by atoms with Crippen molar-refractivity contribution in [3.05, 3.63) is 6.33 Å². The zero-order valence-electron chi connectivity index (χ0n) is 7.21. The van der Waals surface area contributed by atoms with Gasteiger partial charge >= 0.3 is 0 Å². The molecule has 0 atom stereocenters. The Morgan fingerprint density at radius 3 is 2.83 bits per heavy atom.